The Bertz CT molecular complexity index is 2600. The van der Waals surface area contributed by atoms with Crippen molar-refractivity contribution >= 4 is 35.1 Å². The average molecular weight is 882 g/mol. The Labute approximate surface area is 363 Å². The molecular formula is C44H43F4N11O5. The van der Waals surface area contributed by atoms with Gasteiger partial charge in [-0.05, 0) is 49.9 Å². The summed E-state index contributed by atoms with van der Waals surface area (Å²) >= 11 is 0. The lowest BCUT2D eigenvalue weighted by molar-refractivity contribution is -0.142. The topological polar surface area (TPSA) is 208 Å². The Balaban J connectivity index is 0.000000191. The van der Waals surface area contributed by atoms with Crippen LogP contribution in [-0.2, 0) is 22.7 Å². The van der Waals surface area contributed by atoms with E-state index < -0.39 is 46.0 Å². The lowest BCUT2D eigenvalue weighted by atomic mass is 10.1. The van der Waals surface area contributed by atoms with E-state index in [9.17, 15) is 41.8 Å². The normalized spacial score (nSPS) is 14.2. The number of carbonyl (C=O) groups is 4. The number of aliphatic carboxylic acids is 1. The molecule has 1 amide bonds. The van der Waals surface area contributed by atoms with Crippen molar-refractivity contribution in [3.63, 3.8) is 0 Å². The molecule has 2 aliphatic rings. The van der Waals surface area contributed by atoms with Crippen LogP contribution < -0.4 is 15.5 Å². The summed E-state index contributed by atoms with van der Waals surface area (Å²) in [7, 11) is 3.19. The molecule has 8 rings (SSSR count). The van der Waals surface area contributed by atoms with Gasteiger partial charge < -0.3 is 20.6 Å². The molecule has 20 heteroatoms. The van der Waals surface area contributed by atoms with E-state index in [2.05, 4.69) is 30.1 Å². The van der Waals surface area contributed by atoms with Crippen LogP contribution in [0.3, 0.4) is 0 Å². The number of carboxylic acid groups (broad SMARTS) is 1. The summed E-state index contributed by atoms with van der Waals surface area (Å²) in [5.41, 5.74) is 5.58. The van der Waals surface area contributed by atoms with Crippen LogP contribution in [-0.4, -0.2) is 95.2 Å². The van der Waals surface area contributed by atoms with Crippen LogP contribution in [0.25, 0.3) is 23.0 Å². The predicted octanol–water partition coefficient (Wildman–Crippen LogP) is 5.74. The summed E-state index contributed by atoms with van der Waals surface area (Å²) in [5.74, 6) is -3.97. The van der Waals surface area contributed by atoms with Gasteiger partial charge >= 0.3 is 5.97 Å². The van der Waals surface area contributed by atoms with Gasteiger partial charge in [-0.3, -0.25) is 28.5 Å². The van der Waals surface area contributed by atoms with Gasteiger partial charge in [0.15, 0.2) is 46.5 Å². The van der Waals surface area contributed by atoms with Crippen LogP contribution in [0.2, 0.25) is 0 Å². The number of amides is 1. The summed E-state index contributed by atoms with van der Waals surface area (Å²) in [4.78, 5) is 66.9. The quantitative estimate of drug-likeness (QED) is 0.0879. The molecule has 0 unspecified atom stereocenters. The second-order valence-electron chi connectivity index (χ2n) is 16.1. The van der Waals surface area contributed by atoms with Crippen molar-refractivity contribution in [2.75, 3.05) is 37.0 Å². The van der Waals surface area contributed by atoms with Crippen molar-refractivity contribution in [3.05, 3.63) is 119 Å². The summed E-state index contributed by atoms with van der Waals surface area (Å²) in [6, 6.07) is 15.3. The molecule has 0 aliphatic heterocycles. The average Bonchev–Trinajstić information content (AvgIpc) is 4.13. The number of ketones is 2. The number of nitrogens with two attached hydrogens (primary N) is 1. The Morgan fingerprint density at radius 3 is 1.39 bits per heavy atom. The fourth-order valence-electron chi connectivity index (χ4n) is 7.22. The highest BCUT2D eigenvalue weighted by molar-refractivity contribution is 5.94. The van der Waals surface area contributed by atoms with Gasteiger partial charge in [0.05, 0.1) is 36.3 Å². The molecule has 2 saturated carbocycles. The van der Waals surface area contributed by atoms with Crippen molar-refractivity contribution in [2.45, 2.75) is 52.6 Å². The third-order valence-corrected chi connectivity index (χ3v) is 11.2. The van der Waals surface area contributed by atoms with Crippen molar-refractivity contribution in [1.29, 1.82) is 0 Å². The zero-order valence-corrected chi connectivity index (χ0v) is 35.2. The van der Waals surface area contributed by atoms with Gasteiger partial charge in [0.25, 0.3) is 0 Å². The molecule has 64 heavy (non-hydrogen) atoms. The van der Waals surface area contributed by atoms with Crippen LogP contribution in [0, 0.1) is 34.1 Å². The maximum atomic E-state index is 14.5. The number of primary amides is 1. The molecule has 0 bridgehead atoms. The fraction of sp³-hybridized carbons (Fsp3) is 0.318. The van der Waals surface area contributed by atoms with Crippen molar-refractivity contribution < 1.29 is 41.8 Å². The number of halogens is 4. The first-order chi connectivity index (χ1) is 30.4. The molecule has 4 heterocycles. The monoisotopic (exact) mass is 881 g/mol. The molecule has 4 aromatic heterocycles. The highest BCUT2D eigenvalue weighted by Gasteiger charge is 2.51. The molecule has 2 fully saturated rings. The summed E-state index contributed by atoms with van der Waals surface area (Å²) in [6.45, 7) is 3.15. The molecule has 3 N–H and O–H groups in total. The van der Waals surface area contributed by atoms with Crippen molar-refractivity contribution in [3.8, 4) is 23.0 Å². The summed E-state index contributed by atoms with van der Waals surface area (Å²) in [6.07, 6.45) is 4.34. The molecule has 0 saturated heterocycles. The SMILES string of the molecule is CC(=O)c1cc(-c2ncc(F)c(N(C)CC3(C(=O)O)CC3)n2)nn1Cc1ccccc1F.CC(=O)c1cc(-c2ncc(F)c(N(C)CC3(C(N)=O)CC3)n2)nn1Cc1ccccc1F. The van der Waals surface area contributed by atoms with Crippen molar-refractivity contribution in [2.24, 2.45) is 16.6 Å². The van der Waals surface area contributed by atoms with E-state index in [0.29, 0.717) is 36.8 Å². The maximum Gasteiger partial charge on any atom is 0.311 e. The number of benzene rings is 2. The maximum absolute atomic E-state index is 14.5. The van der Waals surface area contributed by atoms with Gasteiger partial charge in [-0.25, -0.2) is 37.5 Å². The Kier molecular flexibility index (Phi) is 12.4. The number of Topliss-reactive ketones (excluding diaryl/α,β-unsaturated/α-hetero) is 2. The standard InChI is InChI=1S/C22H22F2N6O2.C22H21F2N5O3/c1-13(31)18-9-17(28-30(18)11-14-5-3-4-6-15(14)23)19-26-10-16(24)20(27-19)29(2)12-22(7-8-22)21(25)32;1-13(30)18-9-17(27-29(18)11-14-5-3-4-6-15(14)23)19-25-10-16(24)20(26-19)28(2)12-22(7-8-22)21(31)32/h3-6,9-10H,7-8,11-12H2,1-2H3,(H2,25,32);3-6,9-10H,7-8,11-12H2,1-2H3,(H,31,32). The number of rotatable bonds is 16. The third-order valence-electron chi connectivity index (χ3n) is 11.2. The van der Waals surface area contributed by atoms with E-state index in [1.54, 1.807) is 50.5 Å². The first-order valence-corrected chi connectivity index (χ1v) is 20.1. The molecule has 6 aromatic rings. The van der Waals surface area contributed by atoms with Gasteiger partial charge in [0, 0.05) is 52.2 Å². The van der Waals surface area contributed by atoms with E-state index in [1.165, 1.54) is 57.3 Å². The summed E-state index contributed by atoms with van der Waals surface area (Å²) in [5, 5.41) is 18.1. The van der Waals surface area contributed by atoms with Crippen LogP contribution in [0.5, 0.6) is 0 Å². The first kappa shape index (κ1) is 44.7. The van der Waals surface area contributed by atoms with E-state index in [-0.39, 0.29) is 83.8 Å². The number of anilines is 2. The fourth-order valence-corrected chi connectivity index (χ4v) is 7.22. The Morgan fingerprint density at radius 2 is 1.05 bits per heavy atom. The molecule has 2 aliphatic carbocycles. The lowest BCUT2D eigenvalue weighted by Gasteiger charge is -2.23. The van der Waals surface area contributed by atoms with Gasteiger partial charge in [-0.15, -0.1) is 0 Å². The number of carbonyl (C=O) groups excluding carboxylic acids is 3. The first-order valence-electron chi connectivity index (χ1n) is 20.1. The number of aromatic nitrogens is 8. The molecule has 0 atom stereocenters. The second-order valence-corrected chi connectivity index (χ2v) is 16.1. The number of hydrogen-bond acceptors (Lipinski definition) is 12. The van der Waals surface area contributed by atoms with Crippen LogP contribution in [0.15, 0.2) is 73.1 Å². The third kappa shape index (κ3) is 9.49. The van der Waals surface area contributed by atoms with E-state index in [4.69, 9.17) is 5.73 Å². The highest BCUT2D eigenvalue weighted by Crippen LogP contribution is 2.47. The smallest absolute Gasteiger partial charge is 0.311 e. The van der Waals surface area contributed by atoms with E-state index in [0.717, 1.165) is 12.4 Å². The Morgan fingerprint density at radius 1 is 0.656 bits per heavy atom. The Hall–Kier alpha value is -7.38. The molecule has 2 aromatic carbocycles. The zero-order valence-electron chi connectivity index (χ0n) is 35.2. The van der Waals surface area contributed by atoms with Crippen molar-refractivity contribution in [1.82, 2.24) is 39.5 Å². The van der Waals surface area contributed by atoms with Crippen LogP contribution in [0.4, 0.5) is 29.2 Å². The largest absolute Gasteiger partial charge is 0.481 e. The highest BCUT2D eigenvalue weighted by atomic mass is 19.1. The van der Waals surface area contributed by atoms with Gasteiger partial charge in [-0.2, -0.15) is 10.2 Å². The minimum absolute atomic E-state index is 0.00412. The molecule has 16 nitrogen and oxygen atoms in total. The molecule has 0 spiro atoms. The van der Waals surface area contributed by atoms with Gasteiger partial charge in [-0.1, -0.05) is 36.4 Å². The van der Waals surface area contributed by atoms with Crippen LogP contribution in [0.1, 0.15) is 71.6 Å². The van der Waals surface area contributed by atoms with Gasteiger partial charge in [0.2, 0.25) is 5.91 Å². The van der Waals surface area contributed by atoms with E-state index in [1.807, 2.05) is 0 Å². The molecule has 332 valence electrons. The lowest BCUT2D eigenvalue weighted by Crippen LogP contribution is -2.36. The van der Waals surface area contributed by atoms with Gasteiger partial charge in [0.1, 0.15) is 34.4 Å². The molecular weight excluding hydrogens is 839 g/mol. The number of hydrogen-bond donors (Lipinski definition) is 2. The number of nitrogens with zero attached hydrogens (tertiary/aromatic N) is 10. The minimum Gasteiger partial charge on any atom is -0.481 e. The molecule has 0 radical (unpaired) electrons. The minimum atomic E-state index is -0.919. The number of carboxylic acids is 1. The predicted molar refractivity (Wildman–Crippen MR) is 224 cm³/mol. The zero-order chi connectivity index (χ0) is 46.1. The van der Waals surface area contributed by atoms with Crippen LogP contribution >= 0.6 is 0 Å². The summed E-state index contributed by atoms with van der Waals surface area (Å²) < 4.78 is 59.8. The van der Waals surface area contributed by atoms with E-state index >= 15 is 0 Å². The second kappa shape index (κ2) is 17.8.